The lowest BCUT2D eigenvalue weighted by Crippen LogP contribution is -2.38. The van der Waals surface area contributed by atoms with Gasteiger partial charge in [-0.15, -0.1) is 4.73 Å². The molecule has 10 heteroatoms. The van der Waals surface area contributed by atoms with Crippen LogP contribution in [0.5, 0.6) is 5.75 Å². The zero-order valence-corrected chi connectivity index (χ0v) is 11.9. The van der Waals surface area contributed by atoms with Crippen LogP contribution < -0.4 is 15.7 Å². The van der Waals surface area contributed by atoms with E-state index in [1.807, 2.05) is 5.32 Å². The molecule has 2 rings (SSSR count). The minimum absolute atomic E-state index is 0.135. The minimum Gasteiger partial charge on any atom is -0.506 e. The molecule has 2 aromatic rings. The van der Waals surface area contributed by atoms with Gasteiger partial charge in [0.2, 0.25) is 0 Å². The van der Waals surface area contributed by atoms with E-state index in [4.69, 9.17) is 9.94 Å². The molecule has 0 fully saturated rings. The maximum absolute atomic E-state index is 12.4. The first-order valence-corrected chi connectivity index (χ1v) is 6.31. The van der Waals surface area contributed by atoms with Gasteiger partial charge in [-0.1, -0.05) is 0 Å². The highest BCUT2D eigenvalue weighted by atomic mass is 16.7. The summed E-state index contributed by atoms with van der Waals surface area (Å²) in [6.45, 7) is 1.10. The molecule has 0 spiro atoms. The van der Waals surface area contributed by atoms with Crippen molar-refractivity contribution in [3.63, 3.8) is 0 Å². The third kappa shape index (κ3) is 2.45. The number of carboxylic acids is 1. The van der Waals surface area contributed by atoms with Crippen molar-refractivity contribution in [1.82, 2.24) is 19.8 Å². The molecule has 0 radical (unpaired) electrons. The lowest BCUT2D eigenvalue weighted by Gasteiger charge is -2.12. The molecule has 2 aromatic heterocycles. The van der Waals surface area contributed by atoms with Crippen LogP contribution in [-0.2, 0) is 11.8 Å². The Morgan fingerprint density at radius 3 is 2.73 bits per heavy atom. The number of hydrogen-bond acceptors (Lipinski definition) is 6. The first kappa shape index (κ1) is 15.4. The number of fused-ring (bicyclic) bond motifs is 1. The summed E-state index contributed by atoms with van der Waals surface area (Å²) in [6, 6.07) is 0. The highest BCUT2D eigenvalue weighted by molar-refractivity contribution is 6.02. The molecule has 2 heterocycles. The average Bonchev–Trinajstić information content (AvgIpc) is 2.83. The van der Waals surface area contributed by atoms with Crippen LogP contribution in [-0.4, -0.2) is 49.8 Å². The van der Waals surface area contributed by atoms with Gasteiger partial charge in [0.15, 0.2) is 11.2 Å². The lowest BCUT2D eigenvalue weighted by atomic mass is 10.2. The number of aliphatic carboxylic acids is 1. The molecule has 0 aliphatic rings. The third-order valence-electron chi connectivity index (χ3n) is 2.88. The summed E-state index contributed by atoms with van der Waals surface area (Å²) in [5.74, 6) is -2.86. The van der Waals surface area contributed by atoms with Gasteiger partial charge in [-0.3, -0.25) is 14.4 Å². The Bertz CT molecular complexity index is 806. The lowest BCUT2D eigenvalue weighted by molar-refractivity contribution is -0.135. The Labute approximate surface area is 123 Å². The molecule has 3 N–H and O–H groups in total. The summed E-state index contributed by atoms with van der Waals surface area (Å²) < 4.78 is 2.16. The van der Waals surface area contributed by atoms with Gasteiger partial charge < -0.3 is 20.4 Å². The normalized spacial score (nSPS) is 10.6. The zero-order valence-electron chi connectivity index (χ0n) is 11.9. The fraction of sp³-hybridized carbons (Fsp3) is 0.333. The number of amides is 1. The molecule has 0 saturated heterocycles. The highest BCUT2D eigenvalue weighted by Gasteiger charge is 2.25. The number of carbonyl (C=O) groups is 2. The Balaban J connectivity index is 2.67. The molecule has 1 amide bonds. The maximum Gasteiger partial charge on any atom is 0.322 e. The van der Waals surface area contributed by atoms with Crippen LogP contribution in [0.3, 0.4) is 0 Å². The number of aromatic hydroxyl groups is 1. The first-order valence-electron chi connectivity index (χ1n) is 6.31. The first-order chi connectivity index (χ1) is 10.4. The SMILES string of the molecule is CCOn1c(=O)c(C(=O)NCC(=O)O)c(O)c2cnn(C)c21. The van der Waals surface area contributed by atoms with Crippen LogP contribution in [0.25, 0.3) is 11.0 Å². The number of pyridine rings is 1. The predicted octanol–water partition coefficient (Wildman–Crippen LogP) is -1.30. The van der Waals surface area contributed by atoms with Crippen molar-refractivity contribution >= 4 is 22.9 Å². The Hall–Kier alpha value is -3.04. The van der Waals surface area contributed by atoms with Gasteiger partial charge in [-0.2, -0.15) is 5.10 Å². The summed E-state index contributed by atoms with van der Waals surface area (Å²) in [5, 5.41) is 24.8. The summed E-state index contributed by atoms with van der Waals surface area (Å²) in [4.78, 5) is 40.0. The van der Waals surface area contributed by atoms with Gasteiger partial charge in [-0.25, -0.2) is 4.68 Å². The Kier molecular flexibility index (Phi) is 4.02. The van der Waals surface area contributed by atoms with E-state index in [1.165, 1.54) is 10.9 Å². The number of nitrogens with zero attached hydrogens (tertiary/aromatic N) is 3. The van der Waals surface area contributed by atoms with E-state index in [9.17, 15) is 19.5 Å². The number of nitrogens with one attached hydrogen (secondary N) is 1. The molecule has 0 bridgehead atoms. The summed E-state index contributed by atoms with van der Waals surface area (Å²) >= 11 is 0. The van der Waals surface area contributed by atoms with E-state index in [-0.39, 0.29) is 17.6 Å². The molecular formula is C12H14N4O6. The molecule has 0 saturated carbocycles. The summed E-state index contributed by atoms with van der Waals surface area (Å²) in [5.41, 5.74) is -1.33. The number of hydrogen-bond donors (Lipinski definition) is 3. The smallest absolute Gasteiger partial charge is 0.322 e. The summed E-state index contributed by atoms with van der Waals surface area (Å²) in [7, 11) is 1.54. The highest BCUT2D eigenvalue weighted by Crippen LogP contribution is 2.25. The molecule has 22 heavy (non-hydrogen) atoms. The Morgan fingerprint density at radius 2 is 2.14 bits per heavy atom. The van der Waals surface area contributed by atoms with Crippen molar-refractivity contribution in [3.05, 3.63) is 22.1 Å². The largest absolute Gasteiger partial charge is 0.506 e. The van der Waals surface area contributed by atoms with Crippen LogP contribution in [0, 0.1) is 0 Å². The van der Waals surface area contributed by atoms with Gasteiger partial charge in [0.05, 0.1) is 11.6 Å². The third-order valence-corrected chi connectivity index (χ3v) is 2.88. The molecule has 0 aliphatic carbocycles. The maximum atomic E-state index is 12.4. The number of rotatable bonds is 5. The standard InChI is InChI=1S/C12H14N4O6/c1-3-22-16-11-6(4-14-15(11)2)9(19)8(12(16)21)10(20)13-5-7(17)18/h4,19H,3,5H2,1-2H3,(H,13,20)(H,17,18). The molecule has 0 unspecified atom stereocenters. The molecule has 0 atom stereocenters. The topological polar surface area (TPSA) is 136 Å². The van der Waals surface area contributed by atoms with Crippen molar-refractivity contribution in [1.29, 1.82) is 0 Å². The quantitative estimate of drug-likeness (QED) is 0.624. The van der Waals surface area contributed by atoms with Crippen molar-refractivity contribution < 1.29 is 24.6 Å². The van der Waals surface area contributed by atoms with Crippen molar-refractivity contribution in [2.75, 3.05) is 13.2 Å². The molecule has 0 aliphatic heterocycles. The van der Waals surface area contributed by atoms with Crippen molar-refractivity contribution in [3.8, 4) is 5.75 Å². The van der Waals surface area contributed by atoms with Gasteiger partial charge >= 0.3 is 11.5 Å². The predicted molar refractivity (Wildman–Crippen MR) is 73.7 cm³/mol. The van der Waals surface area contributed by atoms with Crippen LogP contribution in [0.1, 0.15) is 17.3 Å². The van der Waals surface area contributed by atoms with Gasteiger partial charge in [0, 0.05) is 7.05 Å². The zero-order chi connectivity index (χ0) is 16.4. The van der Waals surface area contributed by atoms with E-state index in [0.717, 1.165) is 4.73 Å². The van der Waals surface area contributed by atoms with Gasteiger partial charge in [0.25, 0.3) is 5.91 Å². The van der Waals surface area contributed by atoms with E-state index in [2.05, 4.69) is 5.10 Å². The van der Waals surface area contributed by atoms with Crippen LogP contribution >= 0.6 is 0 Å². The van der Waals surface area contributed by atoms with Crippen molar-refractivity contribution in [2.24, 2.45) is 7.05 Å². The molecule has 10 nitrogen and oxygen atoms in total. The second-order valence-corrected chi connectivity index (χ2v) is 4.32. The van der Waals surface area contributed by atoms with Crippen LogP contribution in [0.15, 0.2) is 11.0 Å². The molecular weight excluding hydrogens is 296 g/mol. The molecule has 0 aromatic carbocycles. The second kappa shape index (κ2) is 5.76. The monoisotopic (exact) mass is 310 g/mol. The average molecular weight is 310 g/mol. The van der Waals surface area contributed by atoms with Crippen LogP contribution in [0.4, 0.5) is 0 Å². The fourth-order valence-electron chi connectivity index (χ4n) is 1.97. The van der Waals surface area contributed by atoms with Crippen LogP contribution in [0.2, 0.25) is 0 Å². The second-order valence-electron chi connectivity index (χ2n) is 4.32. The molecule has 118 valence electrons. The number of aromatic nitrogens is 3. The van der Waals surface area contributed by atoms with E-state index < -0.39 is 35.3 Å². The Morgan fingerprint density at radius 1 is 1.45 bits per heavy atom. The fourth-order valence-corrected chi connectivity index (χ4v) is 1.97. The van der Waals surface area contributed by atoms with Gasteiger partial charge in [-0.05, 0) is 6.92 Å². The van der Waals surface area contributed by atoms with Gasteiger partial charge in [0.1, 0.15) is 18.9 Å². The number of aryl methyl sites for hydroxylation is 1. The van der Waals surface area contributed by atoms with E-state index in [0.29, 0.717) is 0 Å². The van der Waals surface area contributed by atoms with Crippen molar-refractivity contribution in [2.45, 2.75) is 6.92 Å². The van der Waals surface area contributed by atoms with E-state index in [1.54, 1.807) is 14.0 Å². The summed E-state index contributed by atoms with van der Waals surface area (Å²) in [6.07, 6.45) is 1.27. The van der Waals surface area contributed by atoms with E-state index >= 15 is 0 Å². The minimum atomic E-state index is -1.28. The number of carboxylic acid groups (broad SMARTS) is 1. The number of carbonyl (C=O) groups excluding carboxylic acids is 1.